The summed E-state index contributed by atoms with van der Waals surface area (Å²) in [5.41, 5.74) is 1.53. The SMILES string of the molecule is CCCOc1c2c(cc3c1C(=CC[NH+]1C=CNC1)C=C(C(=O)OCC)O3)OC(C(C)(C)O)C2. The molecule has 8 nitrogen and oxygen atoms in total. The van der Waals surface area contributed by atoms with E-state index in [4.69, 9.17) is 18.9 Å². The molecule has 0 saturated heterocycles. The van der Waals surface area contributed by atoms with Gasteiger partial charge in [-0.05, 0) is 44.9 Å². The van der Waals surface area contributed by atoms with Crippen molar-refractivity contribution in [1.29, 1.82) is 0 Å². The quantitative estimate of drug-likeness (QED) is 0.512. The fourth-order valence-corrected chi connectivity index (χ4v) is 4.08. The maximum Gasteiger partial charge on any atom is 0.374 e. The van der Waals surface area contributed by atoms with E-state index in [0.717, 1.165) is 36.3 Å². The third-order valence-corrected chi connectivity index (χ3v) is 5.83. The van der Waals surface area contributed by atoms with Crippen LogP contribution in [0.1, 0.15) is 45.2 Å². The Morgan fingerprint density at radius 1 is 1.36 bits per heavy atom. The molecule has 0 aliphatic carbocycles. The second-order valence-electron chi connectivity index (χ2n) is 8.94. The van der Waals surface area contributed by atoms with Crippen molar-refractivity contribution in [1.82, 2.24) is 5.32 Å². The van der Waals surface area contributed by atoms with Gasteiger partial charge in [-0.15, -0.1) is 0 Å². The van der Waals surface area contributed by atoms with Gasteiger partial charge in [0.15, 0.2) is 6.67 Å². The zero-order chi connectivity index (χ0) is 23.6. The fourth-order valence-electron chi connectivity index (χ4n) is 4.08. The van der Waals surface area contributed by atoms with E-state index in [2.05, 4.69) is 17.6 Å². The largest absolute Gasteiger partial charge is 0.492 e. The van der Waals surface area contributed by atoms with Crippen LogP contribution in [0, 0.1) is 0 Å². The number of ether oxygens (including phenoxy) is 4. The summed E-state index contributed by atoms with van der Waals surface area (Å²) >= 11 is 0. The standard InChI is InChI=1S/C25H32N2O6/c1-5-11-31-23-17-13-21(25(3,4)29)33-18(17)14-19-22(23)16(7-9-27-10-8-26-15-27)12-20(32-19)24(28)30-6-2/h7-8,10,12,14,21,26,29H,5-6,9,11,13,15H2,1-4H3/p+1. The normalized spacial score (nSPS) is 22.1. The van der Waals surface area contributed by atoms with Crippen molar-refractivity contribution < 1.29 is 33.7 Å². The van der Waals surface area contributed by atoms with Gasteiger partial charge in [0.1, 0.15) is 36.1 Å². The number of nitrogens with one attached hydrogen (secondary N) is 2. The Morgan fingerprint density at radius 2 is 2.18 bits per heavy atom. The number of allylic oxidation sites excluding steroid dienone is 2. The molecule has 3 N–H and O–H groups in total. The number of benzene rings is 1. The number of carbonyl (C=O) groups is 1. The molecule has 2 unspecified atom stereocenters. The van der Waals surface area contributed by atoms with Gasteiger partial charge in [-0.25, -0.2) is 4.79 Å². The molecule has 0 spiro atoms. The first-order valence-corrected chi connectivity index (χ1v) is 11.5. The molecule has 0 saturated carbocycles. The minimum atomic E-state index is -1.02. The summed E-state index contributed by atoms with van der Waals surface area (Å²) in [6, 6.07) is 1.79. The zero-order valence-electron chi connectivity index (χ0n) is 19.7. The molecule has 33 heavy (non-hydrogen) atoms. The van der Waals surface area contributed by atoms with Gasteiger partial charge in [0.05, 0.1) is 30.6 Å². The van der Waals surface area contributed by atoms with Crippen LogP contribution in [0.2, 0.25) is 0 Å². The summed E-state index contributed by atoms with van der Waals surface area (Å²) in [4.78, 5) is 13.8. The van der Waals surface area contributed by atoms with Gasteiger partial charge in [-0.1, -0.05) is 6.92 Å². The Labute approximate surface area is 194 Å². The highest BCUT2D eigenvalue weighted by Crippen LogP contribution is 2.50. The third-order valence-electron chi connectivity index (χ3n) is 5.83. The van der Waals surface area contributed by atoms with E-state index in [1.807, 2.05) is 13.1 Å². The highest BCUT2D eigenvalue weighted by molar-refractivity contribution is 5.95. The van der Waals surface area contributed by atoms with Crippen LogP contribution < -0.4 is 24.4 Å². The summed E-state index contributed by atoms with van der Waals surface area (Å²) in [5, 5.41) is 13.7. The number of fused-ring (bicyclic) bond motifs is 2. The van der Waals surface area contributed by atoms with Crippen LogP contribution in [0.25, 0.3) is 5.57 Å². The number of hydrogen-bond donors (Lipinski definition) is 3. The number of hydrogen-bond acceptors (Lipinski definition) is 7. The molecule has 8 heteroatoms. The highest BCUT2D eigenvalue weighted by atomic mass is 16.6. The summed E-state index contributed by atoms with van der Waals surface area (Å²) in [7, 11) is 0. The average Bonchev–Trinajstić information content (AvgIpc) is 3.44. The highest BCUT2D eigenvalue weighted by Gasteiger charge is 2.39. The van der Waals surface area contributed by atoms with Gasteiger partial charge >= 0.3 is 5.97 Å². The van der Waals surface area contributed by atoms with Crippen molar-refractivity contribution in [3.05, 3.63) is 47.5 Å². The molecule has 3 heterocycles. The van der Waals surface area contributed by atoms with Crippen molar-refractivity contribution in [3.8, 4) is 17.2 Å². The smallest absolute Gasteiger partial charge is 0.374 e. The molecule has 0 aromatic heterocycles. The second-order valence-corrected chi connectivity index (χ2v) is 8.94. The monoisotopic (exact) mass is 457 g/mol. The first-order chi connectivity index (χ1) is 15.8. The molecule has 0 radical (unpaired) electrons. The number of rotatable bonds is 8. The maximum absolute atomic E-state index is 12.5. The van der Waals surface area contributed by atoms with Crippen LogP contribution in [0.3, 0.4) is 0 Å². The number of esters is 1. The van der Waals surface area contributed by atoms with Gasteiger partial charge in [-0.2, -0.15) is 0 Å². The average molecular weight is 458 g/mol. The molecule has 2 atom stereocenters. The Balaban J connectivity index is 1.80. The van der Waals surface area contributed by atoms with E-state index in [0.29, 0.717) is 30.3 Å². The minimum absolute atomic E-state index is 0.124. The van der Waals surface area contributed by atoms with Gasteiger partial charge in [0.2, 0.25) is 5.76 Å². The molecule has 178 valence electrons. The van der Waals surface area contributed by atoms with E-state index < -0.39 is 17.7 Å². The van der Waals surface area contributed by atoms with Crippen molar-refractivity contribution >= 4 is 11.5 Å². The van der Waals surface area contributed by atoms with Gasteiger partial charge < -0.3 is 29.4 Å². The predicted octanol–water partition coefficient (Wildman–Crippen LogP) is 1.69. The first-order valence-electron chi connectivity index (χ1n) is 11.5. The Bertz CT molecular complexity index is 1010. The lowest BCUT2D eigenvalue weighted by Crippen LogP contribution is -3.07. The van der Waals surface area contributed by atoms with Crippen molar-refractivity contribution in [2.45, 2.75) is 52.2 Å². The first kappa shape index (κ1) is 23.2. The fraction of sp³-hybridized carbons (Fsp3) is 0.480. The predicted molar refractivity (Wildman–Crippen MR) is 123 cm³/mol. The van der Waals surface area contributed by atoms with Crippen LogP contribution in [-0.4, -0.2) is 49.2 Å². The van der Waals surface area contributed by atoms with Gasteiger partial charge in [0, 0.05) is 18.1 Å². The van der Waals surface area contributed by atoms with E-state index in [1.54, 1.807) is 32.9 Å². The van der Waals surface area contributed by atoms with E-state index >= 15 is 0 Å². The molecular weight excluding hydrogens is 424 g/mol. The maximum atomic E-state index is 12.5. The Morgan fingerprint density at radius 3 is 2.85 bits per heavy atom. The van der Waals surface area contributed by atoms with Crippen molar-refractivity contribution in [3.63, 3.8) is 0 Å². The Hall–Kier alpha value is -2.97. The molecule has 0 fully saturated rings. The molecule has 0 bridgehead atoms. The van der Waals surface area contributed by atoms with Crippen molar-refractivity contribution in [2.24, 2.45) is 0 Å². The number of carbonyl (C=O) groups excluding carboxylic acids is 1. The second kappa shape index (κ2) is 9.49. The summed E-state index contributed by atoms with van der Waals surface area (Å²) in [5.74, 6) is 1.38. The lowest BCUT2D eigenvalue weighted by atomic mass is 9.92. The molecule has 3 aliphatic heterocycles. The van der Waals surface area contributed by atoms with Crippen LogP contribution in [0.15, 0.2) is 36.4 Å². The third kappa shape index (κ3) is 4.86. The molecule has 0 amide bonds. The number of quaternary nitrogens is 1. The van der Waals surface area contributed by atoms with Crippen LogP contribution in [0.5, 0.6) is 17.2 Å². The minimum Gasteiger partial charge on any atom is -0.492 e. The summed E-state index contributed by atoms with van der Waals surface area (Å²) < 4.78 is 23.5. The topological polar surface area (TPSA) is 90.7 Å². The van der Waals surface area contributed by atoms with Crippen molar-refractivity contribution in [2.75, 3.05) is 26.4 Å². The number of aliphatic hydroxyl groups is 1. The molecular formula is C25H33N2O6+. The summed E-state index contributed by atoms with van der Waals surface area (Å²) in [6.45, 7) is 9.58. The molecule has 1 aromatic rings. The zero-order valence-corrected chi connectivity index (χ0v) is 19.7. The van der Waals surface area contributed by atoms with Crippen LogP contribution in [-0.2, 0) is 16.0 Å². The van der Waals surface area contributed by atoms with E-state index in [1.165, 1.54) is 4.90 Å². The summed E-state index contributed by atoms with van der Waals surface area (Å²) in [6.07, 6.45) is 8.76. The van der Waals surface area contributed by atoms with Crippen LogP contribution in [0.4, 0.5) is 0 Å². The molecule has 4 rings (SSSR count). The van der Waals surface area contributed by atoms with Gasteiger partial charge in [-0.3, -0.25) is 4.90 Å². The lowest BCUT2D eigenvalue weighted by Gasteiger charge is -2.24. The lowest BCUT2D eigenvalue weighted by molar-refractivity contribution is -0.836. The molecule has 3 aliphatic rings. The Kier molecular flexibility index (Phi) is 6.67. The van der Waals surface area contributed by atoms with Gasteiger partial charge in [0.25, 0.3) is 0 Å². The van der Waals surface area contributed by atoms with Crippen LogP contribution >= 0.6 is 0 Å². The van der Waals surface area contributed by atoms with E-state index in [-0.39, 0.29) is 12.4 Å². The molecule has 1 aromatic carbocycles. The van der Waals surface area contributed by atoms with E-state index in [9.17, 15) is 9.90 Å².